The van der Waals surface area contributed by atoms with Gasteiger partial charge in [-0.05, 0) is 36.3 Å². The summed E-state index contributed by atoms with van der Waals surface area (Å²) in [5, 5.41) is 6.52. The molecule has 3 nitrogen and oxygen atoms in total. The minimum atomic E-state index is -0.0279. The SMILES string of the molecule is CC(C)n1cc(C(=O)/C=C/c2cccc3ccccc23)cn1. The lowest BCUT2D eigenvalue weighted by Gasteiger charge is -2.02. The van der Waals surface area contributed by atoms with E-state index in [9.17, 15) is 4.79 Å². The Kier molecular flexibility index (Phi) is 3.88. The van der Waals surface area contributed by atoms with Gasteiger partial charge in [0.1, 0.15) is 0 Å². The van der Waals surface area contributed by atoms with Crippen LogP contribution in [0, 0.1) is 0 Å². The smallest absolute Gasteiger partial charge is 0.189 e. The van der Waals surface area contributed by atoms with Crippen molar-refractivity contribution in [3.8, 4) is 0 Å². The van der Waals surface area contributed by atoms with Gasteiger partial charge in [0.15, 0.2) is 5.78 Å². The number of carbonyl (C=O) groups excluding carboxylic acids is 1. The molecule has 1 aromatic heterocycles. The average Bonchev–Trinajstić information content (AvgIpc) is 3.03. The summed E-state index contributed by atoms with van der Waals surface area (Å²) in [6.45, 7) is 4.07. The Morgan fingerprint density at radius 1 is 1.14 bits per heavy atom. The number of nitrogens with zero attached hydrogens (tertiary/aromatic N) is 2. The molecule has 2 aromatic carbocycles. The molecule has 0 aliphatic rings. The van der Waals surface area contributed by atoms with E-state index in [0.29, 0.717) is 5.56 Å². The van der Waals surface area contributed by atoms with Gasteiger partial charge in [-0.2, -0.15) is 5.10 Å². The zero-order valence-corrected chi connectivity index (χ0v) is 12.7. The molecule has 0 aliphatic carbocycles. The Hall–Kier alpha value is -2.68. The van der Waals surface area contributed by atoms with Gasteiger partial charge in [0.05, 0.1) is 11.8 Å². The van der Waals surface area contributed by atoms with Crippen LogP contribution in [0.3, 0.4) is 0 Å². The van der Waals surface area contributed by atoms with E-state index in [-0.39, 0.29) is 11.8 Å². The number of ketones is 1. The van der Waals surface area contributed by atoms with E-state index in [0.717, 1.165) is 10.9 Å². The van der Waals surface area contributed by atoms with Gasteiger partial charge in [-0.25, -0.2) is 0 Å². The summed E-state index contributed by atoms with van der Waals surface area (Å²) in [5.41, 5.74) is 1.66. The van der Waals surface area contributed by atoms with Crippen LogP contribution < -0.4 is 0 Å². The zero-order valence-electron chi connectivity index (χ0n) is 12.7. The number of fused-ring (bicyclic) bond motifs is 1. The monoisotopic (exact) mass is 290 g/mol. The molecule has 0 saturated heterocycles. The van der Waals surface area contributed by atoms with Crippen LogP contribution in [-0.4, -0.2) is 15.6 Å². The maximum Gasteiger partial charge on any atom is 0.189 e. The quantitative estimate of drug-likeness (QED) is 0.523. The van der Waals surface area contributed by atoms with Crippen molar-refractivity contribution in [1.82, 2.24) is 9.78 Å². The van der Waals surface area contributed by atoms with Gasteiger partial charge >= 0.3 is 0 Å². The van der Waals surface area contributed by atoms with Crippen molar-refractivity contribution in [3.63, 3.8) is 0 Å². The molecule has 3 heteroatoms. The molecule has 0 N–H and O–H groups in total. The first-order chi connectivity index (χ1) is 10.6. The van der Waals surface area contributed by atoms with Crippen LogP contribution in [0.15, 0.2) is 60.9 Å². The lowest BCUT2D eigenvalue weighted by atomic mass is 10.0. The van der Waals surface area contributed by atoms with Crippen LogP contribution in [0.25, 0.3) is 16.8 Å². The van der Waals surface area contributed by atoms with Gasteiger partial charge in [0.25, 0.3) is 0 Å². The molecule has 0 atom stereocenters. The lowest BCUT2D eigenvalue weighted by molar-refractivity contribution is 0.104. The summed E-state index contributed by atoms with van der Waals surface area (Å²) >= 11 is 0. The van der Waals surface area contributed by atoms with Crippen LogP contribution in [-0.2, 0) is 0 Å². The Labute approximate surface area is 129 Å². The van der Waals surface area contributed by atoms with Crippen molar-refractivity contribution in [3.05, 3.63) is 72.1 Å². The molecule has 110 valence electrons. The molecular weight excluding hydrogens is 272 g/mol. The normalized spacial score (nSPS) is 11.6. The van der Waals surface area contributed by atoms with Gasteiger partial charge in [0, 0.05) is 12.2 Å². The van der Waals surface area contributed by atoms with E-state index >= 15 is 0 Å². The van der Waals surface area contributed by atoms with Crippen molar-refractivity contribution in [2.45, 2.75) is 19.9 Å². The highest BCUT2D eigenvalue weighted by Gasteiger charge is 2.07. The predicted molar refractivity (Wildman–Crippen MR) is 89.9 cm³/mol. The highest BCUT2D eigenvalue weighted by atomic mass is 16.1. The minimum absolute atomic E-state index is 0.0279. The standard InChI is InChI=1S/C19H18N2O/c1-14(2)21-13-17(12-20-21)19(22)11-10-16-8-5-7-15-6-3-4-9-18(15)16/h3-14H,1-2H3/b11-10+. The van der Waals surface area contributed by atoms with E-state index in [1.54, 1.807) is 23.2 Å². The molecule has 0 radical (unpaired) electrons. The molecule has 0 saturated carbocycles. The molecule has 1 heterocycles. The molecule has 0 unspecified atom stereocenters. The van der Waals surface area contributed by atoms with Crippen LogP contribution in [0.4, 0.5) is 0 Å². The summed E-state index contributed by atoms with van der Waals surface area (Å²) in [5.74, 6) is -0.0279. The third-order valence-corrected chi connectivity index (χ3v) is 3.65. The Bertz CT molecular complexity index is 838. The third-order valence-electron chi connectivity index (χ3n) is 3.65. The Morgan fingerprint density at radius 3 is 2.68 bits per heavy atom. The first-order valence-electron chi connectivity index (χ1n) is 7.39. The minimum Gasteiger partial charge on any atom is -0.289 e. The topological polar surface area (TPSA) is 34.9 Å². The molecule has 3 aromatic rings. The highest BCUT2D eigenvalue weighted by Crippen LogP contribution is 2.20. The fourth-order valence-electron chi connectivity index (χ4n) is 2.41. The number of hydrogen-bond donors (Lipinski definition) is 0. The van der Waals surface area contributed by atoms with Gasteiger partial charge in [0.2, 0.25) is 0 Å². The van der Waals surface area contributed by atoms with E-state index in [1.807, 2.05) is 44.2 Å². The number of carbonyl (C=O) groups is 1. The second-order valence-electron chi connectivity index (χ2n) is 5.57. The number of allylic oxidation sites excluding steroid dienone is 1. The molecule has 0 aliphatic heterocycles. The highest BCUT2D eigenvalue weighted by molar-refractivity contribution is 6.07. The summed E-state index contributed by atoms with van der Waals surface area (Å²) in [6.07, 6.45) is 6.90. The first-order valence-corrected chi connectivity index (χ1v) is 7.39. The number of rotatable bonds is 4. The van der Waals surface area contributed by atoms with Crippen molar-refractivity contribution in [2.75, 3.05) is 0 Å². The summed E-state index contributed by atoms with van der Waals surface area (Å²) in [7, 11) is 0. The van der Waals surface area contributed by atoms with E-state index in [4.69, 9.17) is 0 Å². The van der Waals surface area contributed by atoms with Crippen molar-refractivity contribution >= 4 is 22.6 Å². The Balaban J connectivity index is 1.87. The molecular formula is C19H18N2O. The fraction of sp³-hybridized carbons (Fsp3) is 0.158. The second kappa shape index (κ2) is 5.98. The number of aromatic nitrogens is 2. The van der Waals surface area contributed by atoms with Crippen LogP contribution in [0.2, 0.25) is 0 Å². The molecule has 22 heavy (non-hydrogen) atoms. The molecule has 0 spiro atoms. The summed E-state index contributed by atoms with van der Waals surface area (Å²) in [6, 6.07) is 14.5. The largest absolute Gasteiger partial charge is 0.289 e. The number of benzene rings is 2. The molecule has 3 rings (SSSR count). The van der Waals surface area contributed by atoms with Gasteiger partial charge in [-0.15, -0.1) is 0 Å². The average molecular weight is 290 g/mol. The van der Waals surface area contributed by atoms with E-state index in [1.165, 1.54) is 5.39 Å². The fourth-order valence-corrected chi connectivity index (χ4v) is 2.41. The van der Waals surface area contributed by atoms with Crippen molar-refractivity contribution in [2.24, 2.45) is 0 Å². The van der Waals surface area contributed by atoms with Crippen LogP contribution >= 0.6 is 0 Å². The second-order valence-corrected chi connectivity index (χ2v) is 5.57. The number of hydrogen-bond acceptors (Lipinski definition) is 2. The van der Waals surface area contributed by atoms with Crippen molar-refractivity contribution in [1.29, 1.82) is 0 Å². The predicted octanol–water partition coefficient (Wildman–Crippen LogP) is 4.51. The molecule has 0 fully saturated rings. The van der Waals surface area contributed by atoms with E-state index < -0.39 is 0 Å². The molecule has 0 amide bonds. The lowest BCUT2D eigenvalue weighted by Crippen LogP contribution is -2.00. The molecule has 0 bridgehead atoms. The zero-order chi connectivity index (χ0) is 15.5. The summed E-state index contributed by atoms with van der Waals surface area (Å²) < 4.78 is 1.79. The Morgan fingerprint density at radius 2 is 1.91 bits per heavy atom. The first kappa shape index (κ1) is 14.3. The maximum atomic E-state index is 12.2. The summed E-state index contributed by atoms with van der Waals surface area (Å²) in [4.78, 5) is 12.2. The van der Waals surface area contributed by atoms with Crippen LogP contribution in [0.5, 0.6) is 0 Å². The van der Waals surface area contributed by atoms with Crippen LogP contribution in [0.1, 0.15) is 35.8 Å². The van der Waals surface area contributed by atoms with Gasteiger partial charge < -0.3 is 0 Å². The van der Waals surface area contributed by atoms with E-state index in [2.05, 4.69) is 23.3 Å². The maximum absolute atomic E-state index is 12.2. The van der Waals surface area contributed by atoms with Crippen molar-refractivity contribution < 1.29 is 4.79 Å². The van der Waals surface area contributed by atoms with Gasteiger partial charge in [-0.1, -0.05) is 48.5 Å². The third kappa shape index (κ3) is 2.84. The van der Waals surface area contributed by atoms with Gasteiger partial charge in [-0.3, -0.25) is 9.48 Å².